The number of ether oxygens (including phenoxy) is 2. The molecule has 1 unspecified atom stereocenters. The number of hydrogen-bond donors (Lipinski definition) is 1. The van der Waals surface area contributed by atoms with Gasteiger partial charge in [0.15, 0.2) is 0 Å². The van der Waals surface area contributed by atoms with E-state index >= 15 is 0 Å². The van der Waals surface area contributed by atoms with Crippen LogP contribution in [0.1, 0.15) is 22.3 Å². The quantitative estimate of drug-likeness (QED) is 0.734. The summed E-state index contributed by atoms with van der Waals surface area (Å²) in [6.07, 6.45) is 0.194. The van der Waals surface area contributed by atoms with E-state index in [0.29, 0.717) is 16.9 Å². The van der Waals surface area contributed by atoms with Crippen molar-refractivity contribution in [2.75, 3.05) is 14.2 Å². The third kappa shape index (κ3) is 4.67. The van der Waals surface area contributed by atoms with Gasteiger partial charge >= 0.3 is 5.97 Å². The highest BCUT2D eigenvalue weighted by Gasteiger charge is 2.29. The van der Waals surface area contributed by atoms with Crippen LogP contribution < -0.4 is 9.46 Å². The Labute approximate surface area is 160 Å². The van der Waals surface area contributed by atoms with Crippen molar-refractivity contribution < 1.29 is 22.7 Å². The zero-order valence-electron chi connectivity index (χ0n) is 16.2. The van der Waals surface area contributed by atoms with E-state index in [4.69, 9.17) is 9.47 Å². The molecule has 7 heteroatoms. The Morgan fingerprint density at radius 1 is 1.07 bits per heavy atom. The maximum absolute atomic E-state index is 13.1. The Bertz CT molecular complexity index is 923. The van der Waals surface area contributed by atoms with Crippen molar-refractivity contribution in [3.8, 4) is 5.75 Å². The molecule has 0 amide bonds. The van der Waals surface area contributed by atoms with E-state index in [1.54, 1.807) is 33.9 Å². The molecule has 2 rings (SSSR count). The average molecular weight is 391 g/mol. The molecule has 6 nitrogen and oxygen atoms in total. The van der Waals surface area contributed by atoms with E-state index in [0.717, 1.165) is 11.1 Å². The molecular weight excluding hydrogens is 366 g/mol. The Morgan fingerprint density at radius 3 is 2.26 bits per heavy atom. The number of aryl methyl sites for hydroxylation is 1. The fraction of sp³-hybridized carbons (Fsp3) is 0.350. The van der Waals surface area contributed by atoms with Gasteiger partial charge in [-0.25, -0.2) is 8.42 Å². The topological polar surface area (TPSA) is 81.7 Å². The van der Waals surface area contributed by atoms with Crippen LogP contribution in [0.4, 0.5) is 0 Å². The Morgan fingerprint density at radius 2 is 1.70 bits per heavy atom. The molecule has 0 saturated heterocycles. The van der Waals surface area contributed by atoms with Crippen LogP contribution in [0.25, 0.3) is 0 Å². The van der Waals surface area contributed by atoms with Gasteiger partial charge in [-0.2, -0.15) is 4.72 Å². The Balaban J connectivity index is 2.42. The molecule has 27 heavy (non-hydrogen) atoms. The Kier molecular flexibility index (Phi) is 6.62. The standard InChI is InChI=1S/C20H25NO5S/c1-13-11-18(25-4)14(2)15(3)19(13)27(23,24)21-17(20(22)26-5)12-16-9-7-6-8-10-16/h6-11,17,21H,12H2,1-5H3. The average Bonchev–Trinajstić information content (AvgIpc) is 2.64. The summed E-state index contributed by atoms with van der Waals surface area (Å²) in [5.41, 5.74) is 2.70. The highest BCUT2D eigenvalue weighted by atomic mass is 32.2. The largest absolute Gasteiger partial charge is 0.496 e. The zero-order valence-corrected chi connectivity index (χ0v) is 17.0. The van der Waals surface area contributed by atoms with Crippen molar-refractivity contribution in [1.82, 2.24) is 4.72 Å². The summed E-state index contributed by atoms with van der Waals surface area (Å²) in [5.74, 6) is -0.0132. The number of nitrogens with one attached hydrogen (secondary N) is 1. The first-order valence-electron chi connectivity index (χ1n) is 8.50. The molecule has 0 aliphatic rings. The lowest BCUT2D eigenvalue weighted by atomic mass is 10.1. The zero-order chi connectivity index (χ0) is 20.2. The van der Waals surface area contributed by atoms with Crippen molar-refractivity contribution in [3.63, 3.8) is 0 Å². The van der Waals surface area contributed by atoms with E-state index in [9.17, 15) is 13.2 Å². The number of methoxy groups -OCH3 is 2. The van der Waals surface area contributed by atoms with Crippen molar-refractivity contribution >= 4 is 16.0 Å². The number of benzene rings is 2. The third-order valence-electron chi connectivity index (χ3n) is 4.53. The van der Waals surface area contributed by atoms with Gasteiger partial charge in [0.05, 0.1) is 19.1 Å². The number of hydrogen-bond acceptors (Lipinski definition) is 5. The number of sulfonamides is 1. The van der Waals surface area contributed by atoms with Gasteiger partial charge in [-0.3, -0.25) is 4.79 Å². The second-order valence-corrected chi connectivity index (χ2v) is 8.01. The summed E-state index contributed by atoms with van der Waals surface area (Å²) in [7, 11) is -1.17. The van der Waals surface area contributed by atoms with Gasteiger partial charge in [0.25, 0.3) is 0 Å². The van der Waals surface area contributed by atoms with Crippen LogP contribution in [-0.4, -0.2) is 34.6 Å². The summed E-state index contributed by atoms with van der Waals surface area (Å²) < 4.78 is 38.8. The number of rotatable bonds is 7. The van der Waals surface area contributed by atoms with Crippen LogP contribution in [0.2, 0.25) is 0 Å². The van der Waals surface area contributed by atoms with Gasteiger partial charge in [0, 0.05) is 0 Å². The molecule has 0 bridgehead atoms. The lowest BCUT2D eigenvalue weighted by Crippen LogP contribution is -2.43. The van der Waals surface area contributed by atoms with Crippen LogP contribution in [0.3, 0.4) is 0 Å². The number of carbonyl (C=O) groups is 1. The first kappa shape index (κ1) is 20.9. The molecule has 0 heterocycles. The van der Waals surface area contributed by atoms with Gasteiger partial charge in [0.2, 0.25) is 10.0 Å². The molecule has 1 atom stereocenters. The molecule has 1 N–H and O–H groups in total. The molecule has 0 saturated carbocycles. The molecule has 2 aromatic rings. The summed E-state index contributed by atoms with van der Waals surface area (Å²) in [6, 6.07) is 9.84. The maximum Gasteiger partial charge on any atom is 0.324 e. The molecule has 146 valence electrons. The maximum atomic E-state index is 13.1. The second-order valence-electron chi connectivity index (χ2n) is 6.36. The van der Waals surface area contributed by atoms with Crippen molar-refractivity contribution in [3.05, 3.63) is 58.7 Å². The molecule has 2 aromatic carbocycles. The minimum atomic E-state index is -3.95. The number of carbonyl (C=O) groups excluding carboxylic acids is 1. The van der Waals surface area contributed by atoms with E-state index < -0.39 is 22.0 Å². The van der Waals surface area contributed by atoms with E-state index in [2.05, 4.69) is 4.72 Å². The molecule has 0 spiro atoms. The fourth-order valence-corrected chi connectivity index (χ4v) is 4.77. The molecule has 0 aliphatic heterocycles. The minimum Gasteiger partial charge on any atom is -0.496 e. The lowest BCUT2D eigenvalue weighted by molar-refractivity contribution is -0.142. The third-order valence-corrected chi connectivity index (χ3v) is 6.29. The van der Waals surface area contributed by atoms with Crippen LogP contribution in [-0.2, 0) is 26.0 Å². The predicted molar refractivity (Wildman–Crippen MR) is 103 cm³/mol. The summed E-state index contributed by atoms with van der Waals surface area (Å²) in [5, 5.41) is 0. The van der Waals surface area contributed by atoms with Crippen LogP contribution >= 0.6 is 0 Å². The SMILES string of the molecule is COC(=O)C(Cc1ccccc1)NS(=O)(=O)c1c(C)cc(OC)c(C)c1C. The van der Waals surface area contributed by atoms with Gasteiger partial charge < -0.3 is 9.47 Å². The number of esters is 1. The summed E-state index contributed by atoms with van der Waals surface area (Å²) in [4.78, 5) is 12.3. The highest BCUT2D eigenvalue weighted by Crippen LogP contribution is 2.30. The normalized spacial score (nSPS) is 12.5. The Hall–Kier alpha value is -2.38. The van der Waals surface area contributed by atoms with Crippen molar-refractivity contribution in [2.45, 2.75) is 38.1 Å². The molecule has 0 aliphatic carbocycles. The van der Waals surface area contributed by atoms with E-state index in [1.165, 1.54) is 7.11 Å². The first-order chi connectivity index (χ1) is 12.7. The van der Waals surface area contributed by atoms with Crippen LogP contribution in [0.15, 0.2) is 41.3 Å². The summed E-state index contributed by atoms with van der Waals surface area (Å²) >= 11 is 0. The van der Waals surface area contributed by atoms with Crippen LogP contribution in [0, 0.1) is 20.8 Å². The smallest absolute Gasteiger partial charge is 0.324 e. The summed E-state index contributed by atoms with van der Waals surface area (Å²) in [6.45, 7) is 5.23. The first-order valence-corrected chi connectivity index (χ1v) is 9.98. The highest BCUT2D eigenvalue weighted by molar-refractivity contribution is 7.89. The van der Waals surface area contributed by atoms with E-state index in [-0.39, 0.29) is 11.3 Å². The van der Waals surface area contributed by atoms with E-state index in [1.807, 2.05) is 30.3 Å². The monoisotopic (exact) mass is 391 g/mol. The molecular formula is C20H25NO5S. The minimum absolute atomic E-state index is 0.155. The van der Waals surface area contributed by atoms with Gasteiger partial charge in [-0.1, -0.05) is 30.3 Å². The van der Waals surface area contributed by atoms with Crippen LogP contribution in [0.5, 0.6) is 5.75 Å². The molecule has 0 aromatic heterocycles. The second kappa shape index (κ2) is 8.54. The van der Waals surface area contributed by atoms with Crippen molar-refractivity contribution in [2.24, 2.45) is 0 Å². The lowest BCUT2D eigenvalue weighted by Gasteiger charge is -2.20. The van der Waals surface area contributed by atoms with Gasteiger partial charge in [-0.05, 0) is 55.5 Å². The van der Waals surface area contributed by atoms with Crippen molar-refractivity contribution in [1.29, 1.82) is 0 Å². The molecule has 0 fully saturated rings. The fourth-order valence-electron chi connectivity index (χ4n) is 3.06. The predicted octanol–water partition coefficient (Wildman–Crippen LogP) is 2.68. The van der Waals surface area contributed by atoms with Gasteiger partial charge in [-0.15, -0.1) is 0 Å². The van der Waals surface area contributed by atoms with Gasteiger partial charge in [0.1, 0.15) is 11.8 Å². The molecule has 0 radical (unpaired) electrons.